The summed E-state index contributed by atoms with van der Waals surface area (Å²) < 4.78 is 87.0. The van der Waals surface area contributed by atoms with Gasteiger partial charge in [0.2, 0.25) is 5.91 Å². The Balaban J connectivity index is 1.97. The molecule has 0 bridgehead atoms. The van der Waals surface area contributed by atoms with Crippen LogP contribution < -0.4 is 10.0 Å². The summed E-state index contributed by atoms with van der Waals surface area (Å²) in [6.45, 7) is 2.85. The number of carbonyl (C=O) groups is 1. The van der Waals surface area contributed by atoms with E-state index in [2.05, 4.69) is 10.1 Å². The van der Waals surface area contributed by atoms with Gasteiger partial charge >= 0.3 is 0 Å². The van der Waals surface area contributed by atoms with Crippen molar-refractivity contribution in [3.8, 4) is 22.4 Å². The van der Waals surface area contributed by atoms with Gasteiger partial charge in [-0.3, -0.25) is 9.48 Å². The predicted octanol–water partition coefficient (Wildman–Crippen LogP) is 4.51. The molecule has 37 heavy (non-hydrogen) atoms. The van der Waals surface area contributed by atoms with Crippen LogP contribution in [0.3, 0.4) is 0 Å². The number of amides is 1. The van der Waals surface area contributed by atoms with Gasteiger partial charge in [-0.05, 0) is 55.0 Å². The van der Waals surface area contributed by atoms with Gasteiger partial charge in [-0.15, -0.1) is 0 Å². The average Bonchev–Trinajstić information content (AvgIpc) is 3.26. The molecule has 0 fully saturated rings. The third kappa shape index (κ3) is 4.65. The SMILES string of the molecule is CCn1cc(-c2ccnc(N)c2)c(-c2c(F)ccc(N(C(C)=O)S(=O)(=O)c3cc(F)ccc3F)c2F)n1. The Hall–Kier alpha value is -4.26. The summed E-state index contributed by atoms with van der Waals surface area (Å²) >= 11 is 0. The number of hydrogen-bond donors (Lipinski definition) is 1. The van der Waals surface area contributed by atoms with Crippen LogP contribution in [0.1, 0.15) is 13.8 Å². The zero-order chi connectivity index (χ0) is 27.1. The molecule has 2 aromatic heterocycles. The number of sulfonamides is 1. The summed E-state index contributed by atoms with van der Waals surface area (Å²) in [6, 6.07) is 6.05. The fraction of sp³-hybridized carbons (Fsp3) is 0.125. The lowest BCUT2D eigenvalue weighted by molar-refractivity contribution is -0.115. The molecule has 0 aliphatic carbocycles. The topological polar surface area (TPSA) is 111 Å². The van der Waals surface area contributed by atoms with E-state index in [1.807, 2.05) is 0 Å². The number of pyridine rings is 1. The van der Waals surface area contributed by atoms with Crippen molar-refractivity contribution in [3.63, 3.8) is 0 Å². The van der Waals surface area contributed by atoms with Crippen molar-refractivity contribution in [1.82, 2.24) is 14.8 Å². The minimum atomic E-state index is -5.15. The highest BCUT2D eigenvalue weighted by Gasteiger charge is 2.35. The maximum atomic E-state index is 16.0. The fourth-order valence-electron chi connectivity index (χ4n) is 3.75. The lowest BCUT2D eigenvalue weighted by Crippen LogP contribution is -2.36. The van der Waals surface area contributed by atoms with Gasteiger partial charge in [0.1, 0.15) is 33.9 Å². The number of aryl methyl sites for hydroxylation is 1. The lowest BCUT2D eigenvalue weighted by Gasteiger charge is -2.23. The predicted molar refractivity (Wildman–Crippen MR) is 128 cm³/mol. The number of halogens is 4. The van der Waals surface area contributed by atoms with Crippen LogP contribution in [0.5, 0.6) is 0 Å². The number of nitrogens with two attached hydrogens (primary N) is 1. The first-order valence-electron chi connectivity index (χ1n) is 10.7. The first-order chi connectivity index (χ1) is 17.4. The molecule has 2 N–H and O–H groups in total. The van der Waals surface area contributed by atoms with Crippen LogP contribution in [0.4, 0.5) is 29.1 Å². The minimum Gasteiger partial charge on any atom is -0.384 e. The second-order valence-electron chi connectivity index (χ2n) is 7.84. The van der Waals surface area contributed by atoms with E-state index in [0.717, 1.165) is 13.0 Å². The van der Waals surface area contributed by atoms with Crippen LogP contribution in [0, 0.1) is 23.3 Å². The van der Waals surface area contributed by atoms with Crippen molar-refractivity contribution >= 4 is 27.4 Å². The number of carbonyl (C=O) groups excluding carboxylic acids is 1. The Labute approximate surface area is 209 Å². The largest absolute Gasteiger partial charge is 0.384 e. The molecule has 0 spiro atoms. The van der Waals surface area contributed by atoms with E-state index in [0.29, 0.717) is 36.4 Å². The Morgan fingerprint density at radius 3 is 2.41 bits per heavy atom. The third-order valence-electron chi connectivity index (χ3n) is 5.40. The highest BCUT2D eigenvalue weighted by atomic mass is 32.2. The molecule has 0 saturated heterocycles. The first kappa shape index (κ1) is 25.8. The van der Waals surface area contributed by atoms with Crippen molar-refractivity contribution in [2.45, 2.75) is 25.3 Å². The second kappa shape index (κ2) is 9.65. The highest BCUT2D eigenvalue weighted by Crippen LogP contribution is 2.39. The Morgan fingerprint density at radius 2 is 1.76 bits per heavy atom. The van der Waals surface area contributed by atoms with E-state index in [4.69, 9.17) is 5.73 Å². The van der Waals surface area contributed by atoms with E-state index < -0.39 is 55.3 Å². The van der Waals surface area contributed by atoms with Crippen molar-refractivity contribution in [3.05, 3.63) is 78.1 Å². The van der Waals surface area contributed by atoms with E-state index in [1.54, 1.807) is 6.92 Å². The monoisotopic (exact) mass is 533 g/mol. The Morgan fingerprint density at radius 1 is 1.05 bits per heavy atom. The number of anilines is 2. The molecule has 0 aliphatic heterocycles. The van der Waals surface area contributed by atoms with Gasteiger partial charge in [-0.2, -0.15) is 9.40 Å². The molecular weight excluding hydrogens is 514 g/mol. The Kier molecular flexibility index (Phi) is 6.74. The van der Waals surface area contributed by atoms with Crippen molar-refractivity contribution < 1.29 is 30.8 Å². The maximum absolute atomic E-state index is 16.0. The molecule has 4 aromatic rings. The molecule has 13 heteroatoms. The zero-order valence-corrected chi connectivity index (χ0v) is 20.2. The molecular formula is C24H19F4N5O3S. The second-order valence-corrected chi connectivity index (χ2v) is 9.59. The quantitative estimate of drug-likeness (QED) is 0.365. The van der Waals surface area contributed by atoms with Crippen LogP contribution in [0.15, 0.2) is 59.8 Å². The number of rotatable bonds is 6. The number of nitrogens with zero attached hydrogens (tertiary/aromatic N) is 4. The highest BCUT2D eigenvalue weighted by molar-refractivity contribution is 7.93. The van der Waals surface area contributed by atoms with Crippen LogP contribution in [0.25, 0.3) is 22.4 Å². The molecule has 0 atom stereocenters. The lowest BCUT2D eigenvalue weighted by atomic mass is 10.0. The molecule has 1 amide bonds. The normalized spacial score (nSPS) is 11.5. The van der Waals surface area contributed by atoms with Crippen molar-refractivity contribution in [2.75, 3.05) is 10.0 Å². The summed E-state index contributed by atoms with van der Waals surface area (Å²) in [7, 11) is -5.15. The number of nitrogen functional groups attached to an aromatic ring is 1. The molecule has 0 radical (unpaired) electrons. The van der Waals surface area contributed by atoms with Crippen LogP contribution in [-0.4, -0.2) is 29.1 Å². The van der Waals surface area contributed by atoms with E-state index in [1.165, 1.54) is 29.2 Å². The van der Waals surface area contributed by atoms with Crippen LogP contribution >= 0.6 is 0 Å². The van der Waals surface area contributed by atoms with E-state index >= 15 is 8.78 Å². The van der Waals surface area contributed by atoms with Crippen molar-refractivity contribution in [2.24, 2.45) is 0 Å². The standard InChI is InChI=1S/C24H19F4N5O3S/c1-3-32-12-16(14-8-9-30-21(29)10-14)24(31-32)22-18(27)6-7-19(23(22)28)33(13(2)34)37(35,36)20-11-15(25)4-5-17(20)26/h4-12H,3H2,1-2H3,(H2,29,30). The molecule has 0 unspecified atom stereocenters. The summed E-state index contributed by atoms with van der Waals surface area (Å²) in [5, 5.41) is 4.23. The minimum absolute atomic E-state index is 0.0515. The third-order valence-corrected chi connectivity index (χ3v) is 7.20. The molecule has 0 aliphatic rings. The van der Waals surface area contributed by atoms with Crippen molar-refractivity contribution in [1.29, 1.82) is 0 Å². The summed E-state index contributed by atoms with van der Waals surface area (Å²) in [6.07, 6.45) is 2.90. The fourth-order valence-corrected chi connectivity index (χ4v) is 5.26. The van der Waals surface area contributed by atoms with E-state index in [9.17, 15) is 22.0 Å². The number of hydrogen-bond acceptors (Lipinski definition) is 6. The number of aromatic nitrogens is 3. The smallest absolute Gasteiger partial charge is 0.274 e. The van der Waals surface area contributed by atoms with Gasteiger partial charge < -0.3 is 5.73 Å². The Bertz CT molecular complexity index is 1640. The molecule has 192 valence electrons. The molecule has 8 nitrogen and oxygen atoms in total. The van der Waals surface area contributed by atoms with Gasteiger partial charge in [0.25, 0.3) is 10.0 Å². The van der Waals surface area contributed by atoms with Crippen LogP contribution in [-0.2, 0) is 21.4 Å². The van der Waals surface area contributed by atoms with E-state index in [-0.39, 0.29) is 21.4 Å². The molecule has 2 aromatic carbocycles. The molecule has 0 saturated carbocycles. The van der Waals surface area contributed by atoms with Gasteiger partial charge in [0.15, 0.2) is 5.82 Å². The van der Waals surface area contributed by atoms with Gasteiger partial charge in [-0.25, -0.2) is 31.0 Å². The maximum Gasteiger partial charge on any atom is 0.274 e. The number of benzene rings is 2. The summed E-state index contributed by atoms with van der Waals surface area (Å²) in [5.74, 6) is -6.15. The van der Waals surface area contributed by atoms with Crippen LogP contribution in [0.2, 0.25) is 0 Å². The average molecular weight is 534 g/mol. The van der Waals surface area contributed by atoms with Gasteiger partial charge in [0.05, 0.1) is 11.3 Å². The van der Waals surface area contributed by atoms with Gasteiger partial charge in [0, 0.05) is 31.4 Å². The molecule has 2 heterocycles. The van der Waals surface area contributed by atoms with Gasteiger partial charge in [-0.1, -0.05) is 0 Å². The summed E-state index contributed by atoms with van der Waals surface area (Å²) in [5.41, 5.74) is 4.57. The summed E-state index contributed by atoms with van der Waals surface area (Å²) in [4.78, 5) is 15.1. The first-order valence-corrected chi connectivity index (χ1v) is 12.2. The molecule has 4 rings (SSSR count). The zero-order valence-electron chi connectivity index (χ0n) is 19.4.